The fourth-order valence-electron chi connectivity index (χ4n) is 2.86. The number of likely N-dealkylation sites (N-methyl/N-ethyl adjacent to an activating group) is 1. The molecular weight excluding hydrogens is 392 g/mol. The second kappa shape index (κ2) is 10.2. The van der Waals surface area contributed by atoms with Crippen LogP contribution in [0.15, 0.2) is 42.5 Å². The van der Waals surface area contributed by atoms with Crippen LogP contribution in [0.3, 0.4) is 0 Å². The van der Waals surface area contributed by atoms with Gasteiger partial charge in [-0.05, 0) is 35.7 Å². The molecule has 0 unspecified atom stereocenters. The summed E-state index contributed by atoms with van der Waals surface area (Å²) < 4.78 is 10.4. The van der Waals surface area contributed by atoms with Crippen LogP contribution in [0.5, 0.6) is 11.5 Å². The van der Waals surface area contributed by atoms with Crippen LogP contribution in [-0.2, 0) is 11.3 Å². The van der Waals surface area contributed by atoms with Gasteiger partial charge in [0.05, 0.1) is 14.2 Å². The number of carbonyl (C=O) groups is 2. The Kier molecular flexibility index (Phi) is 7.91. The first-order valence-electron chi connectivity index (χ1n) is 9.28. The molecule has 0 aromatic heterocycles. The van der Waals surface area contributed by atoms with Crippen LogP contribution in [0.2, 0.25) is 5.02 Å². The Morgan fingerprint density at radius 3 is 2.07 bits per heavy atom. The second-order valence-corrected chi connectivity index (χ2v) is 7.55. The average Bonchev–Trinajstić information content (AvgIpc) is 2.72. The van der Waals surface area contributed by atoms with Crippen molar-refractivity contribution in [2.45, 2.75) is 26.4 Å². The van der Waals surface area contributed by atoms with E-state index in [9.17, 15) is 9.59 Å². The van der Waals surface area contributed by atoms with Crippen molar-refractivity contribution in [1.82, 2.24) is 10.2 Å². The highest BCUT2D eigenvalue weighted by molar-refractivity contribution is 6.30. The lowest BCUT2D eigenvalue weighted by atomic mass is 10.0. The summed E-state index contributed by atoms with van der Waals surface area (Å²) in [4.78, 5) is 27.4. The van der Waals surface area contributed by atoms with Gasteiger partial charge in [0.2, 0.25) is 5.91 Å². The number of carbonyl (C=O) groups excluding carboxylic acids is 2. The van der Waals surface area contributed by atoms with Crippen LogP contribution in [-0.4, -0.2) is 44.0 Å². The number of nitrogens with one attached hydrogen (secondary N) is 1. The van der Waals surface area contributed by atoms with E-state index >= 15 is 0 Å². The Hall–Kier alpha value is -2.73. The minimum Gasteiger partial charge on any atom is -0.497 e. The molecule has 0 bridgehead atoms. The molecule has 29 heavy (non-hydrogen) atoms. The van der Waals surface area contributed by atoms with Crippen LogP contribution in [0.1, 0.15) is 29.8 Å². The largest absolute Gasteiger partial charge is 0.497 e. The molecule has 0 saturated carbocycles. The van der Waals surface area contributed by atoms with Crippen molar-refractivity contribution in [2.75, 3.05) is 21.3 Å². The van der Waals surface area contributed by atoms with E-state index in [0.29, 0.717) is 28.6 Å². The minimum absolute atomic E-state index is 0.0911. The average molecular weight is 419 g/mol. The molecule has 156 valence electrons. The van der Waals surface area contributed by atoms with Crippen molar-refractivity contribution in [1.29, 1.82) is 0 Å². The first-order chi connectivity index (χ1) is 13.7. The number of hydrogen-bond donors (Lipinski definition) is 1. The Morgan fingerprint density at radius 1 is 1.03 bits per heavy atom. The normalized spacial score (nSPS) is 11.7. The summed E-state index contributed by atoms with van der Waals surface area (Å²) in [5.74, 6) is 0.377. The number of nitrogens with zero attached hydrogens (tertiary/aromatic N) is 1. The van der Waals surface area contributed by atoms with Crippen molar-refractivity contribution >= 4 is 23.4 Å². The maximum atomic E-state index is 13.0. The zero-order chi connectivity index (χ0) is 21.6. The number of halogens is 1. The lowest BCUT2D eigenvalue weighted by Gasteiger charge is -2.27. The molecule has 0 aliphatic heterocycles. The van der Waals surface area contributed by atoms with E-state index in [1.165, 1.54) is 14.2 Å². The van der Waals surface area contributed by atoms with Crippen LogP contribution >= 0.6 is 11.6 Å². The summed E-state index contributed by atoms with van der Waals surface area (Å²) in [5.41, 5.74) is 1.32. The van der Waals surface area contributed by atoms with Crippen molar-refractivity contribution in [3.63, 3.8) is 0 Å². The molecule has 0 heterocycles. The fourth-order valence-corrected chi connectivity index (χ4v) is 2.98. The molecule has 2 amide bonds. The molecule has 0 spiro atoms. The first-order valence-corrected chi connectivity index (χ1v) is 9.66. The van der Waals surface area contributed by atoms with Crippen LogP contribution in [0, 0.1) is 5.92 Å². The summed E-state index contributed by atoms with van der Waals surface area (Å²) in [6.07, 6.45) is 0. The quantitative estimate of drug-likeness (QED) is 0.708. The third kappa shape index (κ3) is 6.12. The highest BCUT2D eigenvalue weighted by atomic mass is 35.5. The van der Waals surface area contributed by atoms with Gasteiger partial charge in [0.15, 0.2) is 0 Å². The van der Waals surface area contributed by atoms with Crippen molar-refractivity contribution < 1.29 is 19.1 Å². The lowest BCUT2D eigenvalue weighted by Crippen LogP contribution is -2.50. The number of amides is 2. The summed E-state index contributed by atoms with van der Waals surface area (Å²) >= 11 is 5.92. The maximum Gasteiger partial charge on any atom is 0.252 e. The van der Waals surface area contributed by atoms with E-state index in [-0.39, 0.29) is 17.7 Å². The smallest absolute Gasteiger partial charge is 0.252 e. The standard InChI is InChI=1S/C22H27ClN2O4/c1-14(2)20(22(27)25(3)13-15-6-8-17(23)9-7-15)24-21(26)16-10-18(28-4)12-19(11-16)29-5/h6-12,14,20H,13H2,1-5H3,(H,24,26)/t20-/m0/s1. The van der Waals surface area contributed by atoms with Gasteiger partial charge in [0.1, 0.15) is 17.5 Å². The van der Waals surface area contributed by atoms with Gasteiger partial charge in [-0.15, -0.1) is 0 Å². The van der Waals surface area contributed by atoms with Crippen LogP contribution in [0.25, 0.3) is 0 Å². The lowest BCUT2D eigenvalue weighted by molar-refractivity contribution is -0.133. The number of benzene rings is 2. The maximum absolute atomic E-state index is 13.0. The third-order valence-electron chi connectivity index (χ3n) is 4.54. The molecule has 1 atom stereocenters. The van der Waals surface area contributed by atoms with Gasteiger partial charge in [-0.2, -0.15) is 0 Å². The zero-order valence-electron chi connectivity index (χ0n) is 17.4. The highest BCUT2D eigenvalue weighted by Crippen LogP contribution is 2.23. The topological polar surface area (TPSA) is 67.9 Å². The fraction of sp³-hybridized carbons (Fsp3) is 0.364. The van der Waals surface area contributed by atoms with Crippen molar-refractivity contribution in [3.05, 3.63) is 58.6 Å². The summed E-state index contributed by atoms with van der Waals surface area (Å²) in [7, 11) is 4.75. The van der Waals surface area contributed by atoms with Gasteiger partial charge in [0, 0.05) is 30.2 Å². The van der Waals surface area contributed by atoms with Crippen molar-refractivity contribution in [3.8, 4) is 11.5 Å². The monoisotopic (exact) mass is 418 g/mol. The molecule has 2 rings (SSSR count). The molecule has 2 aromatic rings. The molecule has 0 radical (unpaired) electrons. The molecule has 0 aliphatic rings. The van der Waals surface area contributed by atoms with Gasteiger partial charge in [-0.3, -0.25) is 9.59 Å². The van der Waals surface area contributed by atoms with E-state index < -0.39 is 6.04 Å². The molecule has 6 nitrogen and oxygen atoms in total. The van der Waals surface area contributed by atoms with E-state index in [1.54, 1.807) is 42.3 Å². The van der Waals surface area contributed by atoms with E-state index in [1.807, 2.05) is 26.0 Å². The molecule has 0 saturated heterocycles. The number of hydrogen-bond acceptors (Lipinski definition) is 4. The third-order valence-corrected chi connectivity index (χ3v) is 4.79. The van der Waals surface area contributed by atoms with Gasteiger partial charge >= 0.3 is 0 Å². The Labute approximate surface area is 176 Å². The first kappa shape index (κ1) is 22.6. The zero-order valence-corrected chi connectivity index (χ0v) is 18.1. The predicted molar refractivity (Wildman–Crippen MR) is 114 cm³/mol. The van der Waals surface area contributed by atoms with Crippen molar-refractivity contribution in [2.24, 2.45) is 5.92 Å². The SMILES string of the molecule is COc1cc(OC)cc(C(=O)N[C@H](C(=O)N(C)Cc2ccc(Cl)cc2)C(C)C)c1. The van der Waals surface area contributed by atoms with Gasteiger partial charge < -0.3 is 19.7 Å². The second-order valence-electron chi connectivity index (χ2n) is 7.12. The number of rotatable bonds is 8. The van der Waals surface area contributed by atoms with Gasteiger partial charge in [-0.25, -0.2) is 0 Å². The molecule has 1 N–H and O–H groups in total. The Morgan fingerprint density at radius 2 is 1.59 bits per heavy atom. The summed E-state index contributed by atoms with van der Waals surface area (Å²) in [6, 6.07) is 11.5. The van der Waals surface area contributed by atoms with E-state index in [2.05, 4.69) is 5.32 Å². The van der Waals surface area contributed by atoms with Crippen LogP contribution in [0.4, 0.5) is 0 Å². The minimum atomic E-state index is -0.669. The van der Waals surface area contributed by atoms with E-state index in [4.69, 9.17) is 21.1 Å². The number of ether oxygens (including phenoxy) is 2. The number of methoxy groups -OCH3 is 2. The van der Waals surface area contributed by atoms with E-state index in [0.717, 1.165) is 5.56 Å². The Bertz CT molecular complexity index is 830. The highest BCUT2D eigenvalue weighted by Gasteiger charge is 2.27. The molecule has 0 fully saturated rings. The van der Waals surface area contributed by atoms with Crippen LogP contribution < -0.4 is 14.8 Å². The molecule has 2 aromatic carbocycles. The molecular formula is C22H27ClN2O4. The predicted octanol–water partition coefficient (Wildman–Crippen LogP) is 3.77. The summed E-state index contributed by atoms with van der Waals surface area (Å²) in [5, 5.41) is 3.49. The summed E-state index contributed by atoms with van der Waals surface area (Å²) in [6.45, 7) is 4.21. The molecule has 0 aliphatic carbocycles. The molecule has 7 heteroatoms. The van der Waals surface area contributed by atoms with Gasteiger partial charge in [0.25, 0.3) is 5.91 Å². The van der Waals surface area contributed by atoms with Gasteiger partial charge in [-0.1, -0.05) is 37.6 Å². The Balaban J connectivity index is 2.15.